The Bertz CT molecular complexity index is 2570. The van der Waals surface area contributed by atoms with E-state index in [1.807, 2.05) is 121 Å². The second-order valence-corrected chi connectivity index (χ2v) is 15.3. The van der Waals surface area contributed by atoms with Crippen LogP contribution in [-0.4, -0.2) is 20.4 Å². The highest BCUT2D eigenvalue weighted by Crippen LogP contribution is 2.43. The average molecular weight is 841 g/mol. The number of fused-ring (bicyclic) bond motifs is 8. The van der Waals surface area contributed by atoms with Crippen molar-refractivity contribution < 1.29 is 20.4 Å². The topological polar surface area (TPSA) is 180 Å². The van der Waals surface area contributed by atoms with Crippen LogP contribution in [-0.2, 0) is 25.7 Å². The van der Waals surface area contributed by atoms with E-state index in [-0.39, 0.29) is 48.7 Å². The number of phenols is 4. The molecule has 0 radical (unpaired) electrons. The molecule has 64 heavy (non-hydrogen) atoms. The summed E-state index contributed by atoms with van der Waals surface area (Å²) < 4.78 is 0. The van der Waals surface area contributed by atoms with Gasteiger partial charge in [0.25, 0.3) is 0 Å². The lowest BCUT2D eigenvalue weighted by Crippen LogP contribution is -2.01. The summed E-state index contributed by atoms with van der Waals surface area (Å²) >= 11 is 0. The molecule has 0 atom stereocenters. The Morgan fingerprint density at radius 3 is 0.547 bits per heavy atom. The average Bonchev–Trinajstić information content (AvgIpc) is 3.32. The van der Waals surface area contributed by atoms with Gasteiger partial charge in [0.2, 0.25) is 0 Å². The summed E-state index contributed by atoms with van der Waals surface area (Å²) in [6, 6.07) is 51.0. The van der Waals surface area contributed by atoms with Crippen LogP contribution in [0.25, 0.3) is 0 Å². The first-order valence-corrected chi connectivity index (χ1v) is 20.6. The maximum absolute atomic E-state index is 12.1. The Kier molecular flexibility index (Phi) is 11.8. The fraction of sp³-hybridized carbons (Fsp3) is 0.0769. The van der Waals surface area contributed by atoms with E-state index in [1.54, 1.807) is 48.5 Å². The van der Waals surface area contributed by atoms with Gasteiger partial charge >= 0.3 is 0 Å². The lowest BCUT2D eigenvalue weighted by molar-refractivity contribution is 0.450. The number of nitrogens with zero attached hydrogens (tertiary/aromatic N) is 8. The molecule has 0 aliphatic heterocycles. The Morgan fingerprint density at radius 2 is 0.375 bits per heavy atom. The van der Waals surface area contributed by atoms with Gasteiger partial charge in [0, 0.05) is 70.2 Å². The lowest BCUT2D eigenvalue weighted by atomic mass is 9.90. The van der Waals surface area contributed by atoms with Crippen molar-refractivity contribution in [1.82, 2.24) is 0 Å². The predicted octanol–water partition coefficient (Wildman–Crippen LogP) is 14.8. The third-order valence-electron chi connectivity index (χ3n) is 10.7. The highest BCUT2D eigenvalue weighted by atomic mass is 16.3. The summed E-state index contributed by atoms with van der Waals surface area (Å²) in [4.78, 5) is 0. The van der Waals surface area contributed by atoms with Crippen LogP contribution >= 0.6 is 0 Å². The number of aromatic hydroxyl groups is 4. The minimum Gasteiger partial charge on any atom is -0.507 e. The maximum Gasteiger partial charge on any atom is 0.122 e. The van der Waals surface area contributed by atoms with E-state index in [1.165, 1.54) is 0 Å². The Morgan fingerprint density at radius 1 is 0.219 bits per heavy atom. The third-order valence-corrected chi connectivity index (χ3v) is 10.7. The minimum absolute atomic E-state index is 0.0448. The number of rotatable bonds is 8. The Hall–Kier alpha value is -8.64. The molecule has 0 saturated carbocycles. The largest absolute Gasteiger partial charge is 0.507 e. The molecule has 1 aliphatic carbocycles. The standard InChI is InChI=1S/C52H40N8O4/c61-49-33-21-35-27-46(58-54-42-15-7-2-8-16-42)29-37(50(35)62)23-39-31-48(60-56-44-19-11-4-12-20-44)32-40(52(39)64)24-38-30-47(59-55-43-17-9-3-10-18-43)28-36(51(38)63)22-34(49)26-45(25-33)57-53-41-13-5-1-6-14-41/h1-20,25-32,61-64H,21-24H2. The molecule has 0 fully saturated rings. The Balaban J connectivity index is 1.24. The van der Waals surface area contributed by atoms with Crippen LogP contribution < -0.4 is 0 Å². The molecule has 0 unspecified atom stereocenters. The van der Waals surface area contributed by atoms with Crippen molar-refractivity contribution >= 4 is 45.5 Å². The third kappa shape index (κ3) is 9.61. The van der Waals surface area contributed by atoms with Gasteiger partial charge in [0.15, 0.2) is 0 Å². The molecule has 12 heteroatoms. The van der Waals surface area contributed by atoms with Crippen molar-refractivity contribution in [2.45, 2.75) is 25.7 Å². The van der Waals surface area contributed by atoms with Crippen molar-refractivity contribution in [3.05, 3.63) is 214 Å². The zero-order chi connectivity index (χ0) is 43.8. The highest BCUT2D eigenvalue weighted by molar-refractivity contribution is 5.64. The van der Waals surface area contributed by atoms with Gasteiger partial charge in [-0.3, -0.25) is 0 Å². The normalized spacial score (nSPS) is 12.8. The van der Waals surface area contributed by atoms with E-state index in [2.05, 4.69) is 40.9 Å². The maximum atomic E-state index is 12.1. The summed E-state index contributed by atoms with van der Waals surface area (Å²) in [6.45, 7) is 0. The van der Waals surface area contributed by atoms with Crippen LogP contribution in [0.3, 0.4) is 0 Å². The van der Waals surface area contributed by atoms with Crippen molar-refractivity contribution in [3.63, 3.8) is 0 Å². The van der Waals surface area contributed by atoms with Crippen LogP contribution in [0.15, 0.2) is 211 Å². The zero-order valence-corrected chi connectivity index (χ0v) is 34.4. The fourth-order valence-corrected chi connectivity index (χ4v) is 7.54. The number of benzene rings is 8. The fourth-order valence-electron chi connectivity index (χ4n) is 7.54. The number of hydrogen-bond donors (Lipinski definition) is 4. The second kappa shape index (κ2) is 18.5. The molecule has 0 amide bonds. The van der Waals surface area contributed by atoms with Gasteiger partial charge in [-0.25, -0.2) is 0 Å². The zero-order valence-electron chi connectivity index (χ0n) is 34.4. The van der Waals surface area contributed by atoms with Gasteiger partial charge in [-0.1, -0.05) is 72.8 Å². The van der Waals surface area contributed by atoms with E-state index in [4.69, 9.17) is 0 Å². The Labute approximate surface area is 368 Å². The number of hydrogen-bond acceptors (Lipinski definition) is 12. The van der Waals surface area contributed by atoms with Gasteiger partial charge in [0.1, 0.15) is 23.0 Å². The number of phenolic OH excluding ortho intramolecular Hbond substituents is 4. The van der Waals surface area contributed by atoms with Crippen LogP contribution in [0, 0.1) is 0 Å². The lowest BCUT2D eigenvalue weighted by Gasteiger charge is -2.18. The van der Waals surface area contributed by atoms with Gasteiger partial charge in [-0.15, -0.1) is 0 Å². The monoisotopic (exact) mass is 840 g/mol. The van der Waals surface area contributed by atoms with E-state index in [9.17, 15) is 20.4 Å². The summed E-state index contributed by atoms with van der Waals surface area (Å²) in [5, 5.41) is 84.4. The minimum atomic E-state index is -0.0448. The van der Waals surface area contributed by atoms with Gasteiger partial charge in [-0.2, -0.15) is 40.9 Å². The first-order chi connectivity index (χ1) is 31.3. The van der Waals surface area contributed by atoms with Crippen LogP contribution in [0.5, 0.6) is 23.0 Å². The highest BCUT2D eigenvalue weighted by Gasteiger charge is 2.22. The molecule has 0 spiro atoms. The molecule has 12 nitrogen and oxygen atoms in total. The molecule has 0 heterocycles. The molecule has 4 N–H and O–H groups in total. The molecule has 8 aromatic carbocycles. The first-order valence-electron chi connectivity index (χ1n) is 20.6. The quantitative estimate of drug-likeness (QED) is 0.111. The van der Waals surface area contributed by atoms with Gasteiger partial charge in [0.05, 0.1) is 45.5 Å². The van der Waals surface area contributed by atoms with Gasteiger partial charge < -0.3 is 20.4 Å². The molecule has 1 aliphatic rings. The van der Waals surface area contributed by atoms with Crippen molar-refractivity contribution in [2.24, 2.45) is 40.9 Å². The van der Waals surface area contributed by atoms with Crippen molar-refractivity contribution in [2.75, 3.05) is 0 Å². The van der Waals surface area contributed by atoms with Crippen molar-refractivity contribution in [3.8, 4) is 23.0 Å². The molecule has 0 aromatic heterocycles. The summed E-state index contributed by atoms with van der Waals surface area (Å²) in [6.07, 6.45) is 0.191. The smallest absolute Gasteiger partial charge is 0.122 e. The first kappa shape index (κ1) is 40.7. The van der Waals surface area contributed by atoms with E-state index in [0.717, 1.165) is 0 Å². The molecule has 312 valence electrons. The summed E-state index contributed by atoms with van der Waals surface area (Å²) in [5.41, 5.74) is 7.90. The second-order valence-electron chi connectivity index (χ2n) is 15.3. The SMILES string of the molecule is Oc1c2cc(N=Nc3ccccc3)cc1Cc1cc(N=Nc3ccccc3)cc(c1O)Cc1cc(N=Nc3ccccc3)cc(c1O)Cc1cc(N=Nc3ccccc3)cc(c1O)C2. The molecule has 0 saturated heterocycles. The van der Waals surface area contributed by atoms with Crippen LogP contribution in [0.1, 0.15) is 44.5 Å². The summed E-state index contributed by atoms with van der Waals surface area (Å²) in [7, 11) is 0. The molecule has 8 aromatic rings. The van der Waals surface area contributed by atoms with E-state index >= 15 is 0 Å². The molecule has 8 bridgehead atoms. The van der Waals surface area contributed by atoms with E-state index < -0.39 is 0 Å². The van der Waals surface area contributed by atoms with Crippen LogP contribution in [0.2, 0.25) is 0 Å². The molecular formula is C52H40N8O4. The molecular weight excluding hydrogens is 801 g/mol. The van der Waals surface area contributed by atoms with Crippen LogP contribution in [0.4, 0.5) is 45.5 Å². The predicted molar refractivity (Wildman–Crippen MR) is 246 cm³/mol. The number of azo groups is 4. The summed E-state index contributed by atoms with van der Waals surface area (Å²) in [5.74, 6) is -0.179. The van der Waals surface area contributed by atoms with Gasteiger partial charge in [-0.05, 0) is 97.1 Å². The van der Waals surface area contributed by atoms with Crippen molar-refractivity contribution in [1.29, 1.82) is 0 Å². The molecule has 9 rings (SSSR count). The van der Waals surface area contributed by atoms with E-state index in [0.29, 0.717) is 90.0 Å².